The molecule has 4 nitrogen and oxygen atoms in total. The molecule has 1 aliphatic rings. The lowest BCUT2D eigenvalue weighted by molar-refractivity contribution is 0.413. The normalized spacial score (nSPS) is 20.5. The number of methoxy groups -OCH3 is 1. The van der Waals surface area contributed by atoms with Gasteiger partial charge >= 0.3 is 0 Å². The van der Waals surface area contributed by atoms with Crippen molar-refractivity contribution < 1.29 is 4.74 Å². The smallest absolute Gasteiger partial charge is 0.170 e. The van der Waals surface area contributed by atoms with Gasteiger partial charge in [0.05, 0.1) is 7.11 Å². The van der Waals surface area contributed by atoms with E-state index in [9.17, 15) is 0 Å². The topological polar surface area (TPSA) is 47.0 Å². The lowest BCUT2D eigenvalue weighted by atomic mass is 10.1. The van der Waals surface area contributed by atoms with Crippen molar-refractivity contribution in [2.75, 3.05) is 13.7 Å². The third-order valence-electron chi connectivity index (χ3n) is 3.67. The summed E-state index contributed by atoms with van der Waals surface area (Å²) in [6.07, 6.45) is 1.06. The molecule has 0 aliphatic heterocycles. The van der Waals surface area contributed by atoms with Crippen LogP contribution in [0.3, 0.4) is 0 Å². The maximum atomic E-state index is 5.37. The Balaban J connectivity index is 1.85. The predicted octanol–water partition coefficient (Wildman–Crippen LogP) is 3.22. The van der Waals surface area contributed by atoms with E-state index in [0.717, 1.165) is 28.9 Å². The molecule has 2 atom stereocenters. The van der Waals surface area contributed by atoms with Crippen LogP contribution in [0.5, 0.6) is 5.75 Å². The van der Waals surface area contributed by atoms with Crippen molar-refractivity contribution in [2.45, 2.75) is 35.9 Å². The van der Waals surface area contributed by atoms with E-state index in [1.807, 2.05) is 24.8 Å². The zero-order valence-corrected chi connectivity index (χ0v) is 14.1. The molecule has 0 saturated carbocycles. The second-order valence-corrected chi connectivity index (χ2v) is 7.31. The van der Waals surface area contributed by atoms with Crippen LogP contribution in [0.1, 0.15) is 29.9 Å². The summed E-state index contributed by atoms with van der Waals surface area (Å²) in [5.74, 6) is 1.79. The lowest BCUT2D eigenvalue weighted by Gasteiger charge is -2.20. The van der Waals surface area contributed by atoms with E-state index in [2.05, 4.69) is 33.7 Å². The molecule has 0 spiro atoms. The largest absolute Gasteiger partial charge is 0.497 e. The van der Waals surface area contributed by atoms with Crippen LogP contribution in [0.15, 0.2) is 22.5 Å². The highest BCUT2D eigenvalue weighted by Crippen LogP contribution is 2.42. The second-order valence-electron chi connectivity index (χ2n) is 5.07. The van der Waals surface area contributed by atoms with Gasteiger partial charge in [0.2, 0.25) is 0 Å². The van der Waals surface area contributed by atoms with Crippen LogP contribution in [-0.2, 0) is 6.42 Å². The number of aromatic nitrogens is 2. The van der Waals surface area contributed by atoms with Crippen molar-refractivity contribution in [1.29, 1.82) is 0 Å². The van der Waals surface area contributed by atoms with Gasteiger partial charge in [0, 0.05) is 11.3 Å². The van der Waals surface area contributed by atoms with Crippen molar-refractivity contribution >= 4 is 23.3 Å². The van der Waals surface area contributed by atoms with Crippen molar-refractivity contribution in [3.8, 4) is 5.75 Å². The molecule has 0 bridgehead atoms. The molecule has 1 N–H and O–H groups in total. The minimum Gasteiger partial charge on any atom is -0.497 e. The fourth-order valence-electron chi connectivity index (χ4n) is 2.74. The summed E-state index contributed by atoms with van der Waals surface area (Å²) < 4.78 is 10.7. The number of benzene rings is 1. The predicted molar refractivity (Wildman–Crippen MR) is 87.4 cm³/mol. The summed E-state index contributed by atoms with van der Waals surface area (Å²) in [4.78, 5) is 4.48. The van der Waals surface area contributed by atoms with Gasteiger partial charge in [-0.15, -0.1) is 0 Å². The molecule has 2 unspecified atom stereocenters. The van der Waals surface area contributed by atoms with Crippen LogP contribution in [-0.4, -0.2) is 28.3 Å². The maximum absolute atomic E-state index is 5.37. The number of hydrogen-bond acceptors (Lipinski definition) is 6. The van der Waals surface area contributed by atoms with Gasteiger partial charge in [0.25, 0.3) is 0 Å². The second kappa shape index (κ2) is 6.34. The molecule has 2 aromatic rings. The Morgan fingerprint density at radius 3 is 3.00 bits per heavy atom. The van der Waals surface area contributed by atoms with E-state index in [0.29, 0.717) is 11.3 Å². The van der Waals surface area contributed by atoms with Crippen molar-refractivity contribution in [1.82, 2.24) is 14.7 Å². The van der Waals surface area contributed by atoms with E-state index in [1.54, 1.807) is 7.11 Å². The first kappa shape index (κ1) is 14.8. The molecular formula is C15H19N3OS2. The van der Waals surface area contributed by atoms with Crippen LogP contribution in [0.4, 0.5) is 0 Å². The minimum absolute atomic E-state index is 0.342. The first-order valence-corrected chi connectivity index (χ1v) is 8.73. The summed E-state index contributed by atoms with van der Waals surface area (Å²) in [7, 11) is 1.72. The van der Waals surface area contributed by atoms with Gasteiger partial charge in [-0.2, -0.15) is 4.37 Å². The third-order valence-corrected chi connectivity index (χ3v) is 5.82. The number of nitrogens with one attached hydrogen (secondary N) is 1. The first-order chi connectivity index (χ1) is 10.2. The highest BCUT2D eigenvalue weighted by molar-refractivity contribution is 8.01. The molecular weight excluding hydrogens is 302 g/mol. The molecule has 6 heteroatoms. The molecule has 3 rings (SSSR count). The van der Waals surface area contributed by atoms with Crippen molar-refractivity contribution in [3.05, 3.63) is 35.2 Å². The first-order valence-electron chi connectivity index (χ1n) is 7.08. The highest BCUT2D eigenvalue weighted by atomic mass is 32.2. The van der Waals surface area contributed by atoms with Gasteiger partial charge in [0.1, 0.15) is 11.6 Å². The van der Waals surface area contributed by atoms with E-state index in [1.165, 1.54) is 22.7 Å². The SMILES string of the molecule is CCNC1c2cc(OC)ccc2CC1Sc1nc(C)ns1. The molecule has 1 aromatic carbocycles. The zero-order valence-electron chi connectivity index (χ0n) is 12.4. The molecule has 0 radical (unpaired) electrons. The van der Waals surface area contributed by atoms with E-state index in [-0.39, 0.29) is 0 Å². The zero-order chi connectivity index (χ0) is 14.8. The van der Waals surface area contributed by atoms with Gasteiger partial charge in [-0.05, 0) is 54.7 Å². The Hall–Kier alpha value is -1.11. The number of aryl methyl sites for hydroxylation is 1. The monoisotopic (exact) mass is 321 g/mol. The number of thioether (sulfide) groups is 1. The van der Waals surface area contributed by atoms with Crippen LogP contribution in [0, 0.1) is 6.92 Å². The number of ether oxygens (including phenoxy) is 1. The molecule has 112 valence electrons. The molecule has 1 aromatic heterocycles. The van der Waals surface area contributed by atoms with Crippen LogP contribution >= 0.6 is 23.3 Å². The summed E-state index contributed by atoms with van der Waals surface area (Å²) in [6, 6.07) is 6.73. The molecule has 0 saturated heterocycles. The average Bonchev–Trinajstić information content (AvgIpc) is 3.04. The number of hydrogen-bond donors (Lipinski definition) is 1. The summed E-state index contributed by atoms with van der Waals surface area (Å²) in [5, 5.41) is 4.07. The van der Waals surface area contributed by atoms with Crippen molar-refractivity contribution in [3.63, 3.8) is 0 Å². The minimum atomic E-state index is 0.342. The van der Waals surface area contributed by atoms with Gasteiger partial charge in [-0.1, -0.05) is 24.8 Å². The lowest BCUT2D eigenvalue weighted by Crippen LogP contribution is -2.26. The number of nitrogens with zero attached hydrogens (tertiary/aromatic N) is 2. The van der Waals surface area contributed by atoms with E-state index in [4.69, 9.17) is 4.74 Å². The van der Waals surface area contributed by atoms with Gasteiger partial charge in [-0.3, -0.25) is 0 Å². The number of rotatable bonds is 5. The van der Waals surface area contributed by atoms with Gasteiger partial charge in [0.15, 0.2) is 4.34 Å². The summed E-state index contributed by atoms with van der Waals surface area (Å²) in [6.45, 7) is 5.04. The van der Waals surface area contributed by atoms with Gasteiger partial charge < -0.3 is 10.1 Å². The Morgan fingerprint density at radius 2 is 2.33 bits per heavy atom. The highest BCUT2D eigenvalue weighted by Gasteiger charge is 2.33. The quantitative estimate of drug-likeness (QED) is 0.916. The summed E-state index contributed by atoms with van der Waals surface area (Å²) >= 11 is 3.32. The molecule has 1 heterocycles. The molecule has 21 heavy (non-hydrogen) atoms. The Kier molecular flexibility index (Phi) is 4.47. The van der Waals surface area contributed by atoms with E-state index >= 15 is 0 Å². The average molecular weight is 321 g/mol. The fraction of sp³-hybridized carbons (Fsp3) is 0.467. The Labute approximate surface area is 133 Å². The fourth-order valence-corrected chi connectivity index (χ4v) is 4.90. The van der Waals surface area contributed by atoms with Crippen LogP contribution in [0.2, 0.25) is 0 Å². The number of fused-ring (bicyclic) bond motifs is 1. The van der Waals surface area contributed by atoms with Crippen LogP contribution < -0.4 is 10.1 Å². The molecule has 1 aliphatic carbocycles. The standard InChI is InChI=1S/C15H19N3OS2/c1-4-16-14-12-8-11(19-3)6-5-10(12)7-13(14)20-15-17-9(2)18-21-15/h5-6,8,13-14,16H,4,7H2,1-3H3. The van der Waals surface area contributed by atoms with E-state index < -0.39 is 0 Å². The van der Waals surface area contributed by atoms with Crippen LogP contribution in [0.25, 0.3) is 0 Å². The Morgan fingerprint density at radius 1 is 1.48 bits per heavy atom. The third kappa shape index (κ3) is 3.07. The Bertz CT molecular complexity index is 629. The van der Waals surface area contributed by atoms with Gasteiger partial charge in [-0.25, -0.2) is 4.98 Å². The molecule has 0 fully saturated rings. The maximum Gasteiger partial charge on any atom is 0.170 e. The van der Waals surface area contributed by atoms with Crippen molar-refractivity contribution in [2.24, 2.45) is 0 Å². The molecule has 0 amide bonds. The summed E-state index contributed by atoms with van der Waals surface area (Å²) in [5.41, 5.74) is 2.76.